The Balaban J connectivity index is 1.62. The summed E-state index contributed by atoms with van der Waals surface area (Å²) in [7, 11) is -3.36. The summed E-state index contributed by atoms with van der Waals surface area (Å²) < 4.78 is 27.8. The molecule has 0 amide bonds. The van der Waals surface area contributed by atoms with E-state index in [1.807, 2.05) is 16.8 Å². The standard InChI is InChI=1S/C21H25N7O2S/c1-3-17-21-25-23-13-27(21)18-12-22-19(24-20(18)28(17)16-9-4-5-10-16)14-7-6-8-15(11-14)26-31(2,29)30/h6-8,11-13,16-17,26H,3-5,9-10H2,1-2H3/t17-/m1/s1. The van der Waals surface area contributed by atoms with Gasteiger partial charge in [-0.25, -0.2) is 18.4 Å². The van der Waals surface area contributed by atoms with E-state index in [2.05, 4.69) is 31.7 Å². The Kier molecular flexibility index (Phi) is 4.88. The number of hydrogen-bond acceptors (Lipinski definition) is 7. The second-order valence-electron chi connectivity index (χ2n) is 8.19. The van der Waals surface area contributed by atoms with E-state index in [0.29, 0.717) is 17.6 Å². The Bertz CT molecular complexity index is 1220. The Morgan fingerprint density at radius 2 is 2.03 bits per heavy atom. The first kappa shape index (κ1) is 19.9. The second-order valence-corrected chi connectivity index (χ2v) is 9.93. The van der Waals surface area contributed by atoms with E-state index in [1.165, 1.54) is 12.8 Å². The minimum Gasteiger partial charge on any atom is -0.342 e. The molecule has 1 aromatic carbocycles. The lowest BCUT2D eigenvalue weighted by atomic mass is 10.0. The first-order valence-corrected chi connectivity index (χ1v) is 12.5. The number of nitrogens with zero attached hydrogens (tertiary/aromatic N) is 6. The number of aromatic nitrogens is 5. The number of anilines is 2. The maximum atomic E-state index is 11.6. The third kappa shape index (κ3) is 3.65. The maximum absolute atomic E-state index is 11.6. The number of hydrogen-bond donors (Lipinski definition) is 1. The summed E-state index contributed by atoms with van der Waals surface area (Å²) in [6, 6.07) is 7.68. The molecule has 0 bridgehead atoms. The summed E-state index contributed by atoms with van der Waals surface area (Å²) in [5.74, 6) is 2.38. The zero-order chi connectivity index (χ0) is 21.6. The van der Waals surface area contributed by atoms with E-state index in [0.717, 1.165) is 48.4 Å². The SMILES string of the molecule is CC[C@@H]1c2nncn2-c2cnc(-c3cccc(NS(C)(=O)=O)c3)nc2N1C1CCCC1. The van der Waals surface area contributed by atoms with Crippen LogP contribution in [0.4, 0.5) is 11.5 Å². The summed E-state index contributed by atoms with van der Waals surface area (Å²) in [4.78, 5) is 12.0. The first-order chi connectivity index (χ1) is 14.9. The van der Waals surface area contributed by atoms with Gasteiger partial charge in [-0.15, -0.1) is 10.2 Å². The van der Waals surface area contributed by atoms with Gasteiger partial charge >= 0.3 is 0 Å². The van der Waals surface area contributed by atoms with E-state index in [-0.39, 0.29) is 6.04 Å². The highest BCUT2D eigenvalue weighted by molar-refractivity contribution is 7.92. The Labute approximate surface area is 181 Å². The van der Waals surface area contributed by atoms with E-state index in [4.69, 9.17) is 4.98 Å². The number of nitrogens with one attached hydrogen (secondary N) is 1. The Morgan fingerprint density at radius 3 is 2.77 bits per heavy atom. The molecular formula is C21H25N7O2S. The van der Waals surface area contributed by atoms with Crippen LogP contribution in [0.25, 0.3) is 17.1 Å². The summed E-state index contributed by atoms with van der Waals surface area (Å²) >= 11 is 0. The number of rotatable bonds is 5. The van der Waals surface area contributed by atoms with Gasteiger partial charge in [0.25, 0.3) is 0 Å². The van der Waals surface area contributed by atoms with Crippen molar-refractivity contribution < 1.29 is 8.42 Å². The predicted octanol–water partition coefficient (Wildman–Crippen LogP) is 3.31. The molecule has 9 nitrogen and oxygen atoms in total. The molecule has 1 atom stereocenters. The molecule has 1 saturated carbocycles. The molecule has 3 aromatic rings. The quantitative estimate of drug-likeness (QED) is 0.650. The Hall–Kier alpha value is -3.01. The molecule has 2 aromatic heterocycles. The van der Waals surface area contributed by atoms with Crippen molar-refractivity contribution in [3.63, 3.8) is 0 Å². The molecule has 0 radical (unpaired) electrons. The molecule has 0 saturated heterocycles. The van der Waals surface area contributed by atoms with Crippen molar-refractivity contribution in [3.8, 4) is 17.1 Å². The zero-order valence-corrected chi connectivity index (χ0v) is 18.4. The lowest BCUT2D eigenvalue weighted by Crippen LogP contribution is -2.42. The molecule has 1 N–H and O–H groups in total. The van der Waals surface area contributed by atoms with Gasteiger partial charge in [0, 0.05) is 17.3 Å². The summed E-state index contributed by atoms with van der Waals surface area (Å²) in [5.41, 5.74) is 2.12. The predicted molar refractivity (Wildman–Crippen MR) is 119 cm³/mol. The van der Waals surface area contributed by atoms with Crippen LogP contribution in [0.2, 0.25) is 0 Å². The third-order valence-corrected chi connectivity index (χ3v) is 6.60. The van der Waals surface area contributed by atoms with E-state index < -0.39 is 10.0 Å². The van der Waals surface area contributed by atoms with Gasteiger partial charge in [0.15, 0.2) is 17.5 Å². The van der Waals surface area contributed by atoms with Gasteiger partial charge in [0.1, 0.15) is 12.0 Å². The number of benzene rings is 1. The lowest BCUT2D eigenvalue weighted by molar-refractivity contribution is 0.469. The minimum atomic E-state index is -3.36. The maximum Gasteiger partial charge on any atom is 0.229 e. The van der Waals surface area contributed by atoms with Gasteiger partial charge in [0.05, 0.1) is 18.5 Å². The van der Waals surface area contributed by atoms with Gasteiger partial charge in [-0.1, -0.05) is 31.9 Å². The fraction of sp³-hybridized carbons (Fsp3) is 0.429. The topological polar surface area (TPSA) is 106 Å². The largest absolute Gasteiger partial charge is 0.342 e. The fourth-order valence-corrected chi connectivity index (χ4v) is 5.27. The van der Waals surface area contributed by atoms with Crippen molar-refractivity contribution in [2.24, 2.45) is 0 Å². The van der Waals surface area contributed by atoms with Gasteiger partial charge in [-0.2, -0.15) is 0 Å². The zero-order valence-electron chi connectivity index (χ0n) is 17.6. The Morgan fingerprint density at radius 1 is 1.23 bits per heavy atom. The molecule has 31 heavy (non-hydrogen) atoms. The highest BCUT2D eigenvalue weighted by Crippen LogP contribution is 2.43. The van der Waals surface area contributed by atoms with Gasteiger partial charge in [-0.3, -0.25) is 9.29 Å². The third-order valence-electron chi connectivity index (χ3n) is 5.99. The molecule has 0 spiro atoms. The minimum absolute atomic E-state index is 0.110. The monoisotopic (exact) mass is 439 g/mol. The van der Waals surface area contributed by atoms with Gasteiger partial charge in [-0.05, 0) is 31.4 Å². The molecule has 0 unspecified atom stereocenters. The normalized spacial score (nSPS) is 18.6. The summed E-state index contributed by atoms with van der Waals surface area (Å²) in [6.45, 7) is 2.17. The second kappa shape index (κ2) is 7.60. The smallest absolute Gasteiger partial charge is 0.229 e. The lowest BCUT2D eigenvalue weighted by Gasteiger charge is -2.40. The van der Waals surface area contributed by atoms with Gasteiger partial charge in [0.2, 0.25) is 10.0 Å². The molecule has 1 fully saturated rings. The van der Waals surface area contributed by atoms with Crippen molar-refractivity contribution in [2.45, 2.75) is 51.1 Å². The molecular weight excluding hydrogens is 414 g/mol. The molecule has 1 aliphatic heterocycles. The van der Waals surface area contributed by atoms with Crippen LogP contribution in [-0.4, -0.2) is 45.4 Å². The van der Waals surface area contributed by atoms with Crippen molar-refractivity contribution in [1.29, 1.82) is 0 Å². The molecule has 5 rings (SSSR count). The van der Waals surface area contributed by atoms with E-state index >= 15 is 0 Å². The first-order valence-electron chi connectivity index (χ1n) is 10.6. The average Bonchev–Trinajstić information content (AvgIpc) is 3.43. The van der Waals surface area contributed by atoms with Crippen LogP contribution >= 0.6 is 0 Å². The average molecular weight is 440 g/mol. The highest BCUT2D eigenvalue weighted by atomic mass is 32.2. The van der Waals surface area contributed by atoms with Crippen LogP contribution in [0, 0.1) is 0 Å². The molecule has 2 aliphatic rings. The van der Waals surface area contributed by atoms with Crippen LogP contribution in [-0.2, 0) is 10.0 Å². The fourth-order valence-electron chi connectivity index (χ4n) is 4.72. The van der Waals surface area contributed by atoms with Crippen LogP contribution in [0.15, 0.2) is 36.8 Å². The van der Waals surface area contributed by atoms with Crippen molar-refractivity contribution in [2.75, 3.05) is 15.9 Å². The number of fused-ring (bicyclic) bond motifs is 3. The highest BCUT2D eigenvalue weighted by Gasteiger charge is 2.38. The summed E-state index contributed by atoms with van der Waals surface area (Å²) in [5, 5.41) is 8.56. The van der Waals surface area contributed by atoms with Crippen LogP contribution in [0.3, 0.4) is 0 Å². The van der Waals surface area contributed by atoms with Crippen LogP contribution in [0.5, 0.6) is 0 Å². The number of sulfonamides is 1. The van der Waals surface area contributed by atoms with Crippen LogP contribution < -0.4 is 9.62 Å². The van der Waals surface area contributed by atoms with Crippen LogP contribution in [0.1, 0.15) is 50.9 Å². The van der Waals surface area contributed by atoms with Crippen molar-refractivity contribution >= 4 is 21.5 Å². The van der Waals surface area contributed by atoms with Gasteiger partial charge < -0.3 is 4.90 Å². The van der Waals surface area contributed by atoms with Crippen molar-refractivity contribution in [3.05, 3.63) is 42.6 Å². The summed E-state index contributed by atoms with van der Waals surface area (Å²) in [6.07, 6.45) is 10.3. The van der Waals surface area contributed by atoms with E-state index in [1.54, 1.807) is 24.5 Å². The molecule has 3 heterocycles. The molecule has 162 valence electrons. The molecule has 1 aliphatic carbocycles. The van der Waals surface area contributed by atoms with Crippen molar-refractivity contribution in [1.82, 2.24) is 24.7 Å². The van der Waals surface area contributed by atoms with E-state index in [9.17, 15) is 8.42 Å². The molecule has 10 heteroatoms.